The number of hydrogen-bond acceptors (Lipinski definition) is 2. The summed E-state index contributed by atoms with van der Waals surface area (Å²) in [7, 11) is 0. The first kappa shape index (κ1) is 11.8. The summed E-state index contributed by atoms with van der Waals surface area (Å²) < 4.78 is 5.33. The normalized spacial score (nSPS) is 9.40. The van der Waals surface area contributed by atoms with E-state index < -0.39 is 0 Å². The van der Waals surface area contributed by atoms with Crippen LogP contribution in [-0.2, 0) is 11.2 Å². The third kappa shape index (κ3) is 5.90. The lowest BCUT2D eigenvalue weighted by Gasteiger charge is -2.00. The number of hydrogen-bond donors (Lipinski definition) is 1. The molecule has 0 saturated carbocycles. The number of benzene rings is 1. The van der Waals surface area contributed by atoms with E-state index in [2.05, 4.69) is 24.0 Å². The molecule has 0 unspecified atom stereocenters. The van der Waals surface area contributed by atoms with E-state index in [9.17, 15) is 0 Å². The minimum Gasteiger partial charge on any atom is -0.395 e. The molecule has 1 aromatic carbocycles. The molecule has 0 atom stereocenters. The number of aliphatic hydroxyl groups excluding tert-OH is 1. The van der Waals surface area contributed by atoms with Gasteiger partial charge < -0.3 is 9.84 Å². The quantitative estimate of drug-likeness (QED) is 0.583. The Morgan fingerprint density at radius 1 is 1.13 bits per heavy atom. The molecule has 0 spiro atoms. The molecule has 0 aliphatic heterocycles. The van der Waals surface area contributed by atoms with Gasteiger partial charge in [0.25, 0.3) is 0 Å². The van der Waals surface area contributed by atoms with Crippen LogP contribution in [0.5, 0.6) is 0 Å². The summed E-state index contributed by atoms with van der Waals surface area (Å²) in [5.41, 5.74) is 1.28. The Kier molecular flexibility index (Phi) is 6.31. The second-order valence-corrected chi connectivity index (χ2v) is 3.12. The molecular formula is C13H16O2. The van der Waals surface area contributed by atoms with Crippen LogP contribution in [0, 0.1) is 11.8 Å². The smallest absolute Gasteiger partial charge is 0.107 e. The number of ether oxygens (including phenoxy) is 1. The molecule has 0 radical (unpaired) electrons. The molecule has 0 heterocycles. The largest absolute Gasteiger partial charge is 0.395 e. The molecule has 0 bridgehead atoms. The van der Waals surface area contributed by atoms with Crippen molar-refractivity contribution in [2.45, 2.75) is 12.8 Å². The van der Waals surface area contributed by atoms with Crippen molar-refractivity contribution >= 4 is 0 Å². The van der Waals surface area contributed by atoms with Gasteiger partial charge in [0.1, 0.15) is 6.61 Å². The lowest BCUT2D eigenvalue weighted by Crippen LogP contribution is -1.98. The average molecular weight is 204 g/mol. The van der Waals surface area contributed by atoms with E-state index in [4.69, 9.17) is 9.84 Å². The third-order valence-corrected chi connectivity index (χ3v) is 1.91. The van der Waals surface area contributed by atoms with Crippen molar-refractivity contribution in [3.63, 3.8) is 0 Å². The summed E-state index contributed by atoms with van der Waals surface area (Å²) in [6.45, 7) is 1.27. The molecule has 2 heteroatoms. The Balaban J connectivity index is 2.06. The number of aliphatic hydroxyl groups is 1. The fourth-order valence-corrected chi connectivity index (χ4v) is 1.15. The maximum absolute atomic E-state index is 8.47. The van der Waals surface area contributed by atoms with Gasteiger partial charge in [0.05, 0.1) is 13.2 Å². The molecule has 0 amide bonds. The van der Waals surface area contributed by atoms with Gasteiger partial charge in [0.15, 0.2) is 0 Å². The maximum Gasteiger partial charge on any atom is 0.107 e. The molecule has 1 rings (SSSR count). The summed E-state index contributed by atoms with van der Waals surface area (Å²) in [5.74, 6) is 5.65. The number of rotatable bonds is 5. The van der Waals surface area contributed by atoms with Crippen LogP contribution in [0.25, 0.3) is 0 Å². The third-order valence-electron chi connectivity index (χ3n) is 1.91. The Morgan fingerprint density at radius 2 is 1.93 bits per heavy atom. The molecule has 0 fully saturated rings. The first-order chi connectivity index (χ1) is 7.43. The van der Waals surface area contributed by atoms with Crippen LogP contribution in [0.4, 0.5) is 0 Å². The van der Waals surface area contributed by atoms with E-state index in [1.54, 1.807) is 0 Å². The zero-order valence-electron chi connectivity index (χ0n) is 8.78. The fraction of sp³-hybridized carbons (Fsp3) is 0.385. The van der Waals surface area contributed by atoms with E-state index in [1.807, 2.05) is 18.2 Å². The summed E-state index contributed by atoms with van der Waals surface area (Å²) in [6, 6.07) is 10.2. The standard InChI is InChI=1S/C13H16O2/c14-10-5-2-6-11-15-12-9-13-7-3-1-4-8-13/h1,3-4,7-8,14H,5,9-12H2. The molecule has 15 heavy (non-hydrogen) atoms. The van der Waals surface area contributed by atoms with Gasteiger partial charge in [-0.25, -0.2) is 0 Å². The van der Waals surface area contributed by atoms with Gasteiger partial charge in [-0.3, -0.25) is 0 Å². The van der Waals surface area contributed by atoms with Gasteiger partial charge in [-0.2, -0.15) is 0 Å². The molecule has 0 aromatic heterocycles. The minimum absolute atomic E-state index is 0.122. The van der Waals surface area contributed by atoms with Crippen molar-refractivity contribution in [3.8, 4) is 11.8 Å². The highest BCUT2D eigenvalue weighted by Gasteiger charge is 1.90. The first-order valence-electron chi connectivity index (χ1n) is 5.11. The highest BCUT2D eigenvalue weighted by atomic mass is 16.5. The van der Waals surface area contributed by atoms with Gasteiger partial charge >= 0.3 is 0 Å². The van der Waals surface area contributed by atoms with Gasteiger partial charge in [0.2, 0.25) is 0 Å². The molecule has 2 nitrogen and oxygen atoms in total. The average Bonchev–Trinajstić information content (AvgIpc) is 2.29. The van der Waals surface area contributed by atoms with Gasteiger partial charge in [-0.15, -0.1) is 0 Å². The SMILES string of the molecule is OCCC#CCOCCc1ccccc1. The van der Waals surface area contributed by atoms with Gasteiger partial charge in [-0.05, 0) is 12.0 Å². The van der Waals surface area contributed by atoms with Crippen LogP contribution in [0.15, 0.2) is 30.3 Å². The second-order valence-electron chi connectivity index (χ2n) is 3.12. The molecule has 0 saturated heterocycles. The van der Waals surface area contributed by atoms with Crippen molar-refractivity contribution in [2.75, 3.05) is 19.8 Å². The van der Waals surface area contributed by atoms with Crippen LogP contribution in [0.1, 0.15) is 12.0 Å². The highest BCUT2D eigenvalue weighted by molar-refractivity contribution is 5.14. The van der Waals surface area contributed by atoms with Gasteiger partial charge in [0, 0.05) is 6.42 Å². The highest BCUT2D eigenvalue weighted by Crippen LogP contribution is 1.99. The van der Waals surface area contributed by atoms with E-state index in [1.165, 1.54) is 5.56 Å². The van der Waals surface area contributed by atoms with Crippen LogP contribution in [-0.4, -0.2) is 24.9 Å². The van der Waals surface area contributed by atoms with Crippen LogP contribution < -0.4 is 0 Å². The van der Waals surface area contributed by atoms with Crippen LogP contribution in [0.3, 0.4) is 0 Å². The topological polar surface area (TPSA) is 29.5 Å². The zero-order chi connectivity index (χ0) is 10.8. The minimum atomic E-state index is 0.122. The summed E-state index contributed by atoms with van der Waals surface area (Å²) >= 11 is 0. The van der Waals surface area contributed by atoms with Crippen LogP contribution >= 0.6 is 0 Å². The predicted molar refractivity (Wildman–Crippen MR) is 60.4 cm³/mol. The lowest BCUT2D eigenvalue weighted by molar-refractivity contribution is 0.170. The van der Waals surface area contributed by atoms with E-state index in [0.717, 1.165) is 6.42 Å². The maximum atomic E-state index is 8.47. The zero-order valence-corrected chi connectivity index (χ0v) is 8.78. The molecule has 1 N–H and O–H groups in total. The van der Waals surface area contributed by atoms with Crippen molar-refractivity contribution in [2.24, 2.45) is 0 Å². The van der Waals surface area contributed by atoms with Crippen molar-refractivity contribution in [3.05, 3.63) is 35.9 Å². The van der Waals surface area contributed by atoms with Crippen molar-refractivity contribution < 1.29 is 9.84 Å². The molecular weight excluding hydrogens is 188 g/mol. The molecule has 80 valence electrons. The summed E-state index contributed by atoms with van der Waals surface area (Å²) in [4.78, 5) is 0. The van der Waals surface area contributed by atoms with Gasteiger partial charge in [-0.1, -0.05) is 42.2 Å². The van der Waals surface area contributed by atoms with Crippen molar-refractivity contribution in [1.29, 1.82) is 0 Å². The fourth-order valence-electron chi connectivity index (χ4n) is 1.15. The Morgan fingerprint density at radius 3 is 2.67 bits per heavy atom. The summed E-state index contributed by atoms with van der Waals surface area (Å²) in [5, 5.41) is 8.47. The monoisotopic (exact) mass is 204 g/mol. The Bertz CT molecular complexity index is 308. The predicted octanol–water partition coefficient (Wildman–Crippen LogP) is 1.63. The molecule has 0 aliphatic carbocycles. The Labute approximate surface area is 90.9 Å². The first-order valence-corrected chi connectivity index (χ1v) is 5.11. The Hall–Kier alpha value is -1.30. The van der Waals surface area contributed by atoms with E-state index >= 15 is 0 Å². The lowest BCUT2D eigenvalue weighted by atomic mass is 10.2. The molecule has 0 aliphatic rings. The second kappa shape index (κ2) is 8.05. The van der Waals surface area contributed by atoms with Crippen molar-refractivity contribution in [1.82, 2.24) is 0 Å². The van der Waals surface area contributed by atoms with E-state index in [-0.39, 0.29) is 6.61 Å². The molecule has 1 aromatic rings. The van der Waals surface area contributed by atoms with E-state index in [0.29, 0.717) is 19.6 Å². The summed E-state index contributed by atoms with van der Waals surface area (Å²) in [6.07, 6.45) is 1.45. The van der Waals surface area contributed by atoms with Crippen LogP contribution in [0.2, 0.25) is 0 Å².